The number of likely N-dealkylation sites (tertiary alicyclic amines) is 1. The SMILES string of the molecule is Cc1cccc(C)c1CNc1nc(C(=O)N2CCC2C)cc2c(C)c(C)[nH]c12. The first kappa shape index (κ1) is 18.5. The second-order valence-corrected chi connectivity index (χ2v) is 8.01. The molecule has 0 radical (unpaired) electrons. The monoisotopic (exact) mass is 376 g/mol. The van der Waals surface area contributed by atoms with Crippen LogP contribution < -0.4 is 5.32 Å². The number of aromatic amines is 1. The number of anilines is 1. The van der Waals surface area contributed by atoms with Crippen molar-refractivity contribution in [2.45, 2.75) is 53.6 Å². The van der Waals surface area contributed by atoms with Crippen molar-refractivity contribution in [3.63, 3.8) is 0 Å². The van der Waals surface area contributed by atoms with E-state index in [0.29, 0.717) is 18.3 Å². The fraction of sp³-hybridized carbons (Fsp3) is 0.391. The van der Waals surface area contributed by atoms with Crippen molar-refractivity contribution in [3.05, 3.63) is 57.9 Å². The number of amides is 1. The van der Waals surface area contributed by atoms with Crippen LogP contribution in [-0.4, -0.2) is 33.4 Å². The summed E-state index contributed by atoms with van der Waals surface area (Å²) in [6.45, 7) is 12.0. The maximum Gasteiger partial charge on any atom is 0.272 e. The molecule has 0 aliphatic carbocycles. The van der Waals surface area contributed by atoms with Crippen LogP contribution in [-0.2, 0) is 6.54 Å². The molecule has 2 aromatic heterocycles. The number of aryl methyl sites for hydroxylation is 4. The van der Waals surface area contributed by atoms with E-state index < -0.39 is 0 Å². The van der Waals surface area contributed by atoms with E-state index in [9.17, 15) is 4.79 Å². The van der Waals surface area contributed by atoms with Gasteiger partial charge in [-0.3, -0.25) is 4.79 Å². The summed E-state index contributed by atoms with van der Waals surface area (Å²) in [5.74, 6) is 0.766. The Morgan fingerprint density at radius 1 is 1.25 bits per heavy atom. The van der Waals surface area contributed by atoms with Gasteiger partial charge < -0.3 is 15.2 Å². The summed E-state index contributed by atoms with van der Waals surface area (Å²) in [4.78, 5) is 23.0. The topological polar surface area (TPSA) is 61.0 Å². The third kappa shape index (κ3) is 3.05. The van der Waals surface area contributed by atoms with Crippen molar-refractivity contribution >= 4 is 22.6 Å². The summed E-state index contributed by atoms with van der Waals surface area (Å²) in [7, 11) is 0. The second-order valence-electron chi connectivity index (χ2n) is 8.01. The maximum atomic E-state index is 13.0. The van der Waals surface area contributed by atoms with Crippen molar-refractivity contribution in [2.24, 2.45) is 0 Å². The lowest BCUT2D eigenvalue weighted by Crippen LogP contribution is -2.49. The number of carbonyl (C=O) groups excluding carboxylic acids is 1. The summed E-state index contributed by atoms with van der Waals surface area (Å²) in [6, 6.07) is 8.56. The van der Waals surface area contributed by atoms with Gasteiger partial charge in [-0.1, -0.05) is 18.2 Å². The first-order valence-electron chi connectivity index (χ1n) is 9.96. The van der Waals surface area contributed by atoms with Gasteiger partial charge in [0.15, 0.2) is 5.82 Å². The number of hydrogen-bond acceptors (Lipinski definition) is 3. The Kier molecular flexibility index (Phi) is 4.61. The number of aromatic nitrogens is 2. The number of H-pyrrole nitrogens is 1. The normalized spacial score (nSPS) is 16.3. The highest BCUT2D eigenvalue weighted by atomic mass is 16.2. The average molecular weight is 377 g/mol. The van der Waals surface area contributed by atoms with E-state index in [-0.39, 0.29) is 5.91 Å². The van der Waals surface area contributed by atoms with Crippen molar-refractivity contribution in [1.29, 1.82) is 0 Å². The van der Waals surface area contributed by atoms with Crippen LogP contribution in [0.3, 0.4) is 0 Å². The number of nitrogens with zero attached hydrogens (tertiary/aromatic N) is 2. The maximum absolute atomic E-state index is 13.0. The van der Waals surface area contributed by atoms with Gasteiger partial charge in [0.25, 0.3) is 5.91 Å². The van der Waals surface area contributed by atoms with Crippen LogP contribution in [0.1, 0.15) is 51.8 Å². The lowest BCUT2D eigenvalue weighted by atomic mass is 10.0. The Balaban J connectivity index is 1.73. The first-order valence-corrected chi connectivity index (χ1v) is 9.96. The number of hydrogen-bond donors (Lipinski definition) is 2. The van der Waals surface area contributed by atoms with Crippen LogP contribution in [0.25, 0.3) is 10.9 Å². The van der Waals surface area contributed by atoms with E-state index in [1.165, 1.54) is 22.3 Å². The van der Waals surface area contributed by atoms with Gasteiger partial charge in [0.1, 0.15) is 5.69 Å². The molecular weight excluding hydrogens is 348 g/mol. The summed E-state index contributed by atoms with van der Waals surface area (Å²) in [6.07, 6.45) is 1.06. The van der Waals surface area contributed by atoms with Crippen LogP contribution in [0, 0.1) is 27.7 Å². The predicted octanol–water partition coefficient (Wildman–Crippen LogP) is 4.64. The van der Waals surface area contributed by atoms with E-state index in [1.54, 1.807) is 0 Å². The van der Waals surface area contributed by atoms with Gasteiger partial charge in [-0.25, -0.2) is 4.98 Å². The predicted molar refractivity (Wildman–Crippen MR) is 114 cm³/mol. The zero-order valence-corrected chi connectivity index (χ0v) is 17.3. The second kappa shape index (κ2) is 6.97. The molecule has 3 heterocycles. The van der Waals surface area contributed by atoms with E-state index in [2.05, 4.69) is 63.1 Å². The van der Waals surface area contributed by atoms with E-state index in [4.69, 9.17) is 4.98 Å². The number of pyridine rings is 1. The molecular formula is C23H28N4O. The van der Waals surface area contributed by atoms with E-state index >= 15 is 0 Å². The van der Waals surface area contributed by atoms with Crippen molar-refractivity contribution < 1.29 is 4.79 Å². The van der Waals surface area contributed by atoms with Gasteiger partial charge in [-0.05, 0) is 69.4 Å². The minimum absolute atomic E-state index is 0.0222. The van der Waals surface area contributed by atoms with Gasteiger partial charge >= 0.3 is 0 Å². The van der Waals surface area contributed by atoms with Crippen LogP contribution >= 0.6 is 0 Å². The van der Waals surface area contributed by atoms with Crippen molar-refractivity contribution in [1.82, 2.24) is 14.9 Å². The lowest BCUT2D eigenvalue weighted by Gasteiger charge is -2.38. The molecule has 28 heavy (non-hydrogen) atoms. The minimum Gasteiger partial charge on any atom is -0.364 e. The number of benzene rings is 1. The zero-order valence-electron chi connectivity index (χ0n) is 17.3. The fourth-order valence-corrected chi connectivity index (χ4v) is 3.95. The van der Waals surface area contributed by atoms with Gasteiger partial charge in [-0.15, -0.1) is 0 Å². The molecule has 146 valence electrons. The molecule has 1 atom stereocenters. The Morgan fingerprint density at radius 3 is 2.57 bits per heavy atom. The molecule has 1 amide bonds. The van der Waals surface area contributed by atoms with Gasteiger partial charge in [-0.2, -0.15) is 0 Å². The zero-order chi connectivity index (χ0) is 20.0. The molecule has 1 fully saturated rings. The number of carbonyl (C=O) groups is 1. The highest BCUT2D eigenvalue weighted by molar-refractivity contribution is 6.01. The molecule has 0 spiro atoms. The Morgan fingerprint density at radius 2 is 1.96 bits per heavy atom. The number of rotatable bonds is 4. The van der Waals surface area contributed by atoms with Crippen molar-refractivity contribution in [3.8, 4) is 0 Å². The van der Waals surface area contributed by atoms with Crippen LogP contribution in [0.2, 0.25) is 0 Å². The standard InChI is InChI=1S/C23H28N4O/c1-13-7-6-8-14(2)19(13)12-24-22-21-18(16(4)17(5)25-21)11-20(26-22)23(28)27-10-9-15(27)3/h6-8,11,15,25H,9-10,12H2,1-5H3,(H,24,26). The third-order valence-electron chi connectivity index (χ3n) is 6.18. The number of nitrogens with one attached hydrogen (secondary N) is 2. The van der Waals surface area contributed by atoms with Crippen molar-refractivity contribution in [2.75, 3.05) is 11.9 Å². The number of fused-ring (bicyclic) bond motifs is 1. The fourth-order valence-electron chi connectivity index (χ4n) is 3.95. The van der Waals surface area contributed by atoms with Crippen LogP contribution in [0.15, 0.2) is 24.3 Å². The van der Waals surface area contributed by atoms with Crippen LogP contribution in [0.4, 0.5) is 5.82 Å². The molecule has 3 aromatic rings. The smallest absolute Gasteiger partial charge is 0.272 e. The summed E-state index contributed by atoms with van der Waals surface area (Å²) in [5, 5.41) is 4.56. The first-order chi connectivity index (χ1) is 13.4. The summed E-state index contributed by atoms with van der Waals surface area (Å²) < 4.78 is 0. The Hall–Kier alpha value is -2.82. The summed E-state index contributed by atoms with van der Waals surface area (Å²) in [5.41, 5.74) is 7.53. The molecule has 1 aromatic carbocycles. The molecule has 2 N–H and O–H groups in total. The summed E-state index contributed by atoms with van der Waals surface area (Å²) >= 11 is 0. The molecule has 4 rings (SSSR count). The molecule has 1 unspecified atom stereocenters. The quantitative estimate of drug-likeness (QED) is 0.697. The molecule has 1 aliphatic rings. The molecule has 0 bridgehead atoms. The molecule has 5 nitrogen and oxygen atoms in total. The highest BCUT2D eigenvalue weighted by Gasteiger charge is 2.30. The largest absolute Gasteiger partial charge is 0.364 e. The molecule has 1 saturated heterocycles. The average Bonchev–Trinajstić information content (AvgIpc) is 2.94. The van der Waals surface area contributed by atoms with Gasteiger partial charge in [0, 0.05) is 30.2 Å². The Bertz CT molecular complexity index is 1050. The highest BCUT2D eigenvalue weighted by Crippen LogP contribution is 2.29. The molecule has 1 aliphatic heterocycles. The third-order valence-corrected chi connectivity index (χ3v) is 6.18. The van der Waals surface area contributed by atoms with E-state index in [1.807, 2.05) is 11.0 Å². The Labute approximate surface area is 166 Å². The molecule has 0 saturated carbocycles. The van der Waals surface area contributed by atoms with Gasteiger partial charge in [0.05, 0.1) is 5.52 Å². The lowest BCUT2D eigenvalue weighted by molar-refractivity contribution is 0.0496. The minimum atomic E-state index is 0.0222. The molecule has 5 heteroatoms. The van der Waals surface area contributed by atoms with Crippen LogP contribution in [0.5, 0.6) is 0 Å². The van der Waals surface area contributed by atoms with Gasteiger partial charge in [0.2, 0.25) is 0 Å². The van der Waals surface area contributed by atoms with E-state index in [0.717, 1.165) is 35.4 Å².